The summed E-state index contributed by atoms with van der Waals surface area (Å²) >= 11 is 0. The van der Waals surface area contributed by atoms with Gasteiger partial charge in [0.1, 0.15) is 0 Å². The van der Waals surface area contributed by atoms with E-state index < -0.39 is 22.1 Å². The molecule has 0 saturated heterocycles. The molecule has 0 heterocycles. The molecule has 0 unspecified atom stereocenters. The predicted octanol–water partition coefficient (Wildman–Crippen LogP) is 3.92. The molecule has 0 amide bonds. The van der Waals surface area contributed by atoms with E-state index in [1.165, 1.54) is 0 Å². The molecule has 0 aliphatic rings. The number of aliphatic hydroxyl groups is 2. The Labute approximate surface area is 89.7 Å². The second-order valence-electron chi connectivity index (χ2n) is 6.17. The highest BCUT2D eigenvalue weighted by Crippen LogP contribution is 2.38. The second-order valence-corrected chi connectivity index (χ2v) is 17.4. The molecule has 0 atom stereocenters. The highest BCUT2D eigenvalue weighted by Gasteiger charge is 2.39. The van der Waals surface area contributed by atoms with Crippen molar-refractivity contribution in [3.8, 4) is 0 Å². The molecular weight excluding hydrogens is 208 g/mol. The summed E-state index contributed by atoms with van der Waals surface area (Å²) in [5.74, 6) is -0.458. The van der Waals surface area contributed by atoms with Gasteiger partial charge in [0.15, 0.2) is 0 Å². The summed E-state index contributed by atoms with van der Waals surface area (Å²) in [5, 5.41) is 18.8. The fourth-order valence-corrected chi connectivity index (χ4v) is 16.0. The van der Waals surface area contributed by atoms with Crippen molar-refractivity contribution >= 4 is 16.1 Å². The van der Waals surface area contributed by atoms with Gasteiger partial charge in [-0.15, -0.1) is 0 Å². The van der Waals surface area contributed by atoms with Gasteiger partial charge >= 0.3 is 0 Å². The van der Waals surface area contributed by atoms with E-state index in [-0.39, 0.29) is 0 Å². The third kappa shape index (κ3) is 3.50. The van der Waals surface area contributed by atoms with Crippen LogP contribution in [0.15, 0.2) is 11.5 Å². The molecule has 0 spiro atoms. The van der Waals surface area contributed by atoms with E-state index in [4.69, 9.17) is 0 Å². The number of hydrogen-bond acceptors (Lipinski definition) is 2. The van der Waals surface area contributed by atoms with Crippen molar-refractivity contribution < 1.29 is 10.2 Å². The minimum atomic E-state index is -1.36. The lowest BCUT2D eigenvalue weighted by Gasteiger charge is -2.38. The van der Waals surface area contributed by atoms with Crippen molar-refractivity contribution in [1.29, 1.82) is 0 Å². The number of rotatable bonds is 3. The molecule has 84 valence electrons. The molecule has 2 N–H and O–H groups in total. The lowest BCUT2D eigenvalue weighted by molar-refractivity contribution is 0.184. The third-order valence-corrected chi connectivity index (χ3v) is 12.0. The van der Waals surface area contributed by atoms with E-state index >= 15 is 0 Å². The van der Waals surface area contributed by atoms with E-state index in [2.05, 4.69) is 39.3 Å². The first-order chi connectivity index (χ1) is 5.98. The van der Waals surface area contributed by atoms with E-state index in [1.54, 1.807) is 0 Å². The Morgan fingerprint density at radius 3 is 1.21 bits per heavy atom. The topological polar surface area (TPSA) is 40.5 Å². The first-order valence-electron chi connectivity index (χ1n) is 5.06. The second kappa shape index (κ2) is 4.10. The SMILES string of the molecule is CC(=C(O)O)C([Si](C)(C)C)[Si](C)(C)C. The Bertz CT molecular complexity index is 215. The molecule has 0 aliphatic carbocycles. The van der Waals surface area contributed by atoms with Crippen LogP contribution in [0.5, 0.6) is 0 Å². The van der Waals surface area contributed by atoms with Gasteiger partial charge in [0.05, 0.1) is 0 Å². The van der Waals surface area contributed by atoms with E-state index in [0.717, 1.165) is 5.57 Å². The van der Waals surface area contributed by atoms with Crippen LogP contribution in [0, 0.1) is 0 Å². The monoisotopic (exact) mass is 232 g/mol. The molecule has 0 aromatic carbocycles. The van der Waals surface area contributed by atoms with Gasteiger partial charge in [0.25, 0.3) is 5.95 Å². The van der Waals surface area contributed by atoms with Crippen molar-refractivity contribution in [1.82, 2.24) is 0 Å². The van der Waals surface area contributed by atoms with Crippen LogP contribution in [0.3, 0.4) is 0 Å². The number of aliphatic hydroxyl groups excluding tert-OH is 1. The zero-order valence-electron chi connectivity index (χ0n) is 10.5. The van der Waals surface area contributed by atoms with E-state index in [0.29, 0.717) is 5.16 Å². The first-order valence-corrected chi connectivity index (χ1v) is 12.2. The van der Waals surface area contributed by atoms with Gasteiger partial charge in [0.2, 0.25) is 0 Å². The molecule has 0 aliphatic heterocycles. The molecule has 4 heteroatoms. The predicted molar refractivity (Wildman–Crippen MR) is 68.4 cm³/mol. The molecule has 0 fully saturated rings. The summed E-state index contributed by atoms with van der Waals surface area (Å²) in [6, 6.07) is 0. The maximum Gasteiger partial charge on any atom is 0.272 e. The molecule has 0 bridgehead atoms. The molecule has 0 rings (SSSR count). The van der Waals surface area contributed by atoms with Crippen LogP contribution in [-0.4, -0.2) is 26.4 Å². The average Bonchev–Trinajstić information content (AvgIpc) is 1.79. The van der Waals surface area contributed by atoms with Crippen LogP contribution in [-0.2, 0) is 0 Å². The van der Waals surface area contributed by atoms with Crippen molar-refractivity contribution in [2.24, 2.45) is 0 Å². The molecule has 2 nitrogen and oxygen atoms in total. The van der Waals surface area contributed by atoms with E-state index in [9.17, 15) is 10.2 Å². The van der Waals surface area contributed by atoms with Gasteiger partial charge in [-0.2, -0.15) is 0 Å². The Morgan fingerprint density at radius 2 is 1.14 bits per heavy atom. The number of hydrogen-bond donors (Lipinski definition) is 2. The van der Waals surface area contributed by atoms with Gasteiger partial charge in [-0.1, -0.05) is 39.3 Å². The lowest BCUT2D eigenvalue weighted by Crippen LogP contribution is -2.44. The molecule has 0 radical (unpaired) electrons. The summed E-state index contributed by atoms with van der Waals surface area (Å²) in [6.45, 7) is 15.6. The van der Waals surface area contributed by atoms with Crippen LogP contribution in [0.4, 0.5) is 0 Å². The van der Waals surface area contributed by atoms with Crippen LogP contribution in [0.25, 0.3) is 0 Å². The highest BCUT2D eigenvalue weighted by atomic mass is 28.4. The zero-order chi connectivity index (χ0) is 11.7. The fourth-order valence-electron chi connectivity index (χ4n) is 2.73. The largest absolute Gasteiger partial charge is 0.481 e. The maximum atomic E-state index is 9.20. The summed E-state index contributed by atoms with van der Waals surface area (Å²) in [4.78, 5) is 0. The van der Waals surface area contributed by atoms with Crippen LogP contribution < -0.4 is 0 Å². The minimum Gasteiger partial charge on any atom is -0.481 e. The molecule has 0 saturated carbocycles. The summed E-state index contributed by atoms with van der Waals surface area (Å²) in [5.41, 5.74) is 0.795. The highest BCUT2D eigenvalue weighted by molar-refractivity contribution is 6.97. The van der Waals surface area contributed by atoms with Crippen LogP contribution in [0.1, 0.15) is 6.92 Å². The molecule has 0 aromatic rings. The average molecular weight is 232 g/mol. The lowest BCUT2D eigenvalue weighted by atomic mass is 10.4. The molecule has 14 heavy (non-hydrogen) atoms. The standard InChI is InChI=1S/C10H24O2Si2/c1-8(9(11)12)10(13(2,3)4)14(5,6)7/h10-12H,1-7H3. The van der Waals surface area contributed by atoms with E-state index in [1.807, 2.05) is 6.92 Å². The van der Waals surface area contributed by atoms with Crippen LogP contribution >= 0.6 is 0 Å². The molecular formula is C10H24O2Si2. The van der Waals surface area contributed by atoms with Crippen LogP contribution in [0.2, 0.25) is 44.4 Å². The normalized spacial score (nSPS) is 13.1. The van der Waals surface area contributed by atoms with Gasteiger partial charge in [-0.25, -0.2) is 0 Å². The Morgan fingerprint density at radius 1 is 0.857 bits per heavy atom. The Kier molecular flexibility index (Phi) is 4.04. The van der Waals surface area contributed by atoms with Gasteiger partial charge in [0, 0.05) is 21.7 Å². The first kappa shape index (κ1) is 13.8. The van der Waals surface area contributed by atoms with Crippen molar-refractivity contribution in [2.75, 3.05) is 0 Å². The smallest absolute Gasteiger partial charge is 0.272 e. The Balaban J connectivity index is 5.27. The van der Waals surface area contributed by atoms with Crippen molar-refractivity contribution in [3.63, 3.8) is 0 Å². The summed E-state index contributed by atoms with van der Waals surface area (Å²) < 4.78 is 0. The summed E-state index contributed by atoms with van der Waals surface area (Å²) in [7, 11) is -2.73. The fraction of sp³-hybridized carbons (Fsp3) is 0.800. The maximum absolute atomic E-state index is 9.20. The van der Waals surface area contributed by atoms with Gasteiger partial charge in [-0.05, 0) is 12.1 Å². The van der Waals surface area contributed by atoms with Crippen molar-refractivity contribution in [2.45, 2.75) is 51.4 Å². The van der Waals surface area contributed by atoms with Gasteiger partial charge < -0.3 is 10.2 Å². The summed E-state index contributed by atoms with van der Waals surface area (Å²) in [6.07, 6.45) is 0. The molecule has 0 aromatic heterocycles. The number of allylic oxidation sites excluding steroid dienone is 1. The quantitative estimate of drug-likeness (QED) is 0.572. The van der Waals surface area contributed by atoms with Crippen molar-refractivity contribution in [3.05, 3.63) is 11.5 Å². The Hall–Kier alpha value is -0.226. The minimum absolute atomic E-state index is 0.431. The third-order valence-electron chi connectivity index (χ3n) is 2.52. The zero-order valence-corrected chi connectivity index (χ0v) is 12.5. The van der Waals surface area contributed by atoms with Gasteiger partial charge in [-0.3, -0.25) is 0 Å².